The van der Waals surface area contributed by atoms with Crippen molar-refractivity contribution in [3.8, 4) is 0 Å². The van der Waals surface area contributed by atoms with Crippen molar-refractivity contribution in [3.05, 3.63) is 27.9 Å². The minimum atomic E-state index is -1.04. The standard InChI is InChI=1S/C12H17N3O4/c1-3-4-5-9(12(16)17)14-11-10(15(18)19)7-6-8(2)13-11/h6-7,9H,3-5H2,1-2H3,(H,13,14)(H,16,17). The largest absolute Gasteiger partial charge is 0.480 e. The highest BCUT2D eigenvalue weighted by Gasteiger charge is 2.22. The molecule has 0 saturated heterocycles. The summed E-state index contributed by atoms with van der Waals surface area (Å²) in [7, 11) is 0. The quantitative estimate of drug-likeness (QED) is 0.580. The van der Waals surface area contributed by atoms with E-state index >= 15 is 0 Å². The van der Waals surface area contributed by atoms with Gasteiger partial charge in [-0.15, -0.1) is 0 Å². The van der Waals surface area contributed by atoms with Crippen molar-refractivity contribution in [1.82, 2.24) is 4.98 Å². The van der Waals surface area contributed by atoms with Gasteiger partial charge in [-0.25, -0.2) is 9.78 Å². The van der Waals surface area contributed by atoms with Gasteiger partial charge in [0.15, 0.2) is 0 Å². The van der Waals surface area contributed by atoms with Crippen LogP contribution in [0.25, 0.3) is 0 Å². The number of rotatable bonds is 7. The van der Waals surface area contributed by atoms with Gasteiger partial charge in [-0.3, -0.25) is 10.1 Å². The average molecular weight is 267 g/mol. The number of hydrogen-bond acceptors (Lipinski definition) is 5. The van der Waals surface area contributed by atoms with E-state index in [0.717, 1.165) is 12.8 Å². The van der Waals surface area contributed by atoms with Crippen molar-refractivity contribution in [1.29, 1.82) is 0 Å². The number of aromatic nitrogens is 1. The van der Waals surface area contributed by atoms with E-state index in [2.05, 4.69) is 10.3 Å². The molecule has 1 heterocycles. The molecule has 2 N–H and O–H groups in total. The predicted molar refractivity (Wildman–Crippen MR) is 70.2 cm³/mol. The van der Waals surface area contributed by atoms with E-state index in [-0.39, 0.29) is 11.5 Å². The molecule has 104 valence electrons. The van der Waals surface area contributed by atoms with E-state index in [9.17, 15) is 14.9 Å². The Kier molecular flexibility index (Phi) is 5.23. The van der Waals surface area contributed by atoms with Crippen molar-refractivity contribution in [2.45, 2.75) is 39.2 Å². The topological polar surface area (TPSA) is 105 Å². The maximum Gasteiger partial charge on any atom is 0.326 e. The number of anilines is 1. The molecule has 0 saturated carbocycles. The van der Waals surface area contributed by atoms with Crippen LogP contribution >= 0.6 is 0 Å². The second kappa shape index (κ2) is 6.67. The minimum absolute atomic E-state index is 0.00787. The number of nitrogens with one attached hydrogen (secondary N) is 1. The average Bonchev–Trinajstić information content (AvgIpc) is 2.33. The lowest BCUT2D eigenvalue weighted by molar-refractivity contribution is -0.384. The summed E-state index contributed by atoms with van der Waals surface area (Å²) < 4.78 is 0. The Morgan fingerprint density at radius 1 is 1.58 bits per heavy atom. The molecule has 7 nitrogen and oxygen atoms in total. The Balaban J connectivity index is 2.97. The first-order valence-electron chi connectivity index (χ1n) is 6.07. The molecular formula is C12H17N3O4. The van der Waals surface area contributed by atoms with E-state index < -0.39 is 16.9 Å². The van der Waals surface area contributed by atoms with E-state index in [4.69, 9.17) is 5.11 Å². The maximum absolute atomic E-state index is 11.1. The third-order valence-corrected chi connectivity index (χ3v) is 2.67. The smallest absolute Gasteiger partial charge is 0.326 e. The third kappa shape index (κ3) is 4.20. The highest BCUT2D eigenvalue weighted by Crippen LogP contribution is 2.23. The van der Waals surface area contributed by atoms with Crippen LogP contribution in [0.4, 0.5) is 11.5 Å². The number of aliphatic carboxylic acids is 1. The lowest BCUT2D eigenvalue weighted by Gasteiger charge is -2.14. The predicted octanol–water partition coefficient (Wildman–Crippen LogP) is 2.35. The van der Waals surface area contributed by atoms with Crippen LogP contribution in [0.5, 0.6) is 0 Å². The van der Waals surface area contributed by atoms with Crippen LogP contribution in [-0.4, -0.2) is 27.0 Å². The van der Waals surface area contributed by atoms with Gasteiger partial charge in [0.05, 0.1) is 4.92 Å². The van der Waals surface area contributed by atoms with Crippen molar-refractivity contribution >= 4 is 17.5 Å². The summed E-state index contributed by atoms with van der Waals surface area (Å²) in [4.78, 5) is 25.4. The number of nitro groups is 1. The van der Waals surface area contributed by atoms with E-state index in [1.54, 1.807) is 6.92 Å². The molecule has 1 rings (SSSR count). The summed E-state index contributed by atoms with van der Waals surface area (Å²) in [5, 5.41) is 22.6. The van der Waals surface area contributed by atoms with Crippen molar-refractivity contribution in [2.75, 3.05) is 5.32 Å². The van der Waals surface area contributed by atoms with Gasteiger partial charge in [0, 0.05) is 11.8 Å². The number of carboxylic acids is 1. The molecule has 0 aliphatic carbocycles. The number of carbonyl (C=O) groups is 1. The first kappa shape index (κ1) is 14.9. The molecule has 1 atom stereocenters. The van der Waals surface area contributed by atoms with Crippen LogP contribution in [0.3, 0.4) is 0 Å². The monoisotopic (exact) mass is 267 g/mol. The number of unbranched alkanes of at least 4 members (excludes halogenated alkanes) is 1. The maximum atomic E-state index is 11.1. The molecule has 0 aliphatic heterocycles. The Bertz CT molecular complexity index is 476. The van der Waals surface area contributed by atoms with Gasteiger partial charge in [0.2, 0.25) is 5.82 Å². The summed E-state index contributed by atoms with van der Waals surface area (Å²) in [6.07, 6.45) is 1.98. The van der Waals surface area contributed by atoms with Crippen LogP contribution < -0.4 is 5.32 Å². The molecule has 0 fully saturated rings. The fourth-order valence-electron chi connectivity index (χ4n) is 1.63. The molecule has 19 heavy (non-hydrogen) atoms. The summed E-state index contributed by atoms with van der Waals surface area (Å²) in [6, 6.07) is 1.97. The summed E-state index contributed by atoms with van der Waals surface area (Å²) >= 11 is 0. The van der Waals surface area contributed by atoms with E-state index in [1.807, 2.05) is 6.92 Å². The van der Waals surface area contributed by atoms with Crippen LogP contribution in [0.15, 0.2) is 12.1 Å². The second-order valence-corrected chi connectivity index (χ2v) is 4.25. The van der Waals surface area contributed by atoms with E-state index in [0.29, 0.717) is 12.1 Å². The Labute approximate surface area is 110 Å². The highest BCUT2D eigenvalue weighted by atomic mass is 16.6. The fourth-order valence-corrected chi connectivity index (χ4v) is 1.63. The molecule has 1 unspecified atom stereocenters. The zero-order valence-electron chi connectivity index (χ0n) is 10.9. The molecule has 0 radical (unpaired) electrons. The fraction of sp³-hybridized carbons (Fsp3) is 0.500. The second-order valence-electron chi connectivity index (χ2n) is 4.25. The van der Waals surface area contributed by atoms with Gasteiger partial charge in [0.1, 0.15) is 6.04 Å². The van der Waals surface area contributed by atoms with Crippen LogP contribution in [0.1, 0.15) is 31.9 Å². The summed E-state index contributed by atoms with van der Waals surface area (Å²) in [6.45, 7) is 3.64. The van der Waals surface area contributed by atoms with Gasteiger partial charge >= 0.3 is 11.7 Å². The van der Waals surface area contributed by atoms with Gasteiger partial charge in [-0.2, -0.15) is 0 Å². The highest BCUT2D eigenvalue weighted by molar-refractivity contribution is 5.78. The number of pyridine rings is 1. The van der Waals surface area contributed by atoms with Gasteiger partial charge in [-0.05, 0) is 19.4 Å². The van der Waals surface area contributed by atoms with Gasteiger partial charge < -0.3 is 10.4 Å². The first-order valence-corrected chi connectivity index (χ1v) is 6.07. The number of hydrogen-bond donors (Lipinski definition) is 2. The van der Waals surface area contributed by atoms with E-state index in [1.165, 1.54) is 12.1 Å². The molecule has 0 aromatic carbocycles. The van der Waals surface area contributed by atoms with Gasteiger partial charge in [0.25, 0.3) is 0 Å². The van der Waals surface area contributed by atoms with Crippen LogP contribution in [0.2, 0.25) is 0 Å². The van der Waals surface area contributed by atoms with Crippen LogP contribution in [0, 0.1) is 17.0 Å². The zero-order valence-corrected chi connectivity index (χ0v) is 10.9. The third-order valence-electron chi connectivity index (χ3n) is 2.67. The van der Waals surface area contributed by atoms with Crippen LogP contribution in [-0.2, 0) is 4.79 Å². The lowest BCUT2D eigenvalue weighted by Crippen LogP contribution is -2.30. The molecule has 1 aromatic rings. The number of aryl methyl sites for hydroxylation is 1. The molecule has 0 bridgehead atoms. The molecule has 7 heteroatoms. The summed E-state index contributed by atoms with van der Waals surface area (Å²) in [5.74, 6) is -1.03. The first-order chi connectivity index (χ1) is 8.95. The number of nitrogens with zero attached hydrogens (tertiary/aromatic N) is 2. The normalized spacial score (nSPS) is 11.9. The molecule has 1 aromatic heterocycles. The van der Waals surface area contributed by atoms with Gasteiger partial charge in [-0.1, -0.05) is 19.8 Å². The van der Waals surface area contributed by atoms with Crippen molar-refractivity contribution < 1.29 is 14.8 Å². The molecular weight excluding hydrogens is 250 g/mol. The minimum Gasteiger partial charge on any atom is -0.480 e. The summed E-state index contributed by atoms with van der Waals surface area (Å²) in [5.41, 5.74) is 0.376. The Morgan fingerprint density at radius 3 is 2.79 bits per heavy atom. The molecule has 0 amide bonds. The molecule has 0 spiro atoms. The lowest BCUT2D eigenvalue weighted by atomic mass is 10.1. The molecule has 0 aliphatic rings. The van der Waals surface area contributed by atoms with Crippen molar-refractivity contribution in [3.63, 3.8) is 0 Å². The Hall–Kier alpha value is -2.18. The van der Waals surface area contributed by atoms with Crippen molar-refractivity contribution in [2.24, 2.45) is 0 Å². The zero-order chi connectivity index (χ0) is 14.4. The SMILES string of the molecule is CCCCC(Nc1nc(C)ccc1[N+](=O)[O-])C(=O)O. The number of carboxylic acid groups (broad SMARTS) is 1. The Morgan fingerprint density at radius 2 is 2.26 bits per heavy atom.